The lowest BCUT2D eigenvalue weighted by molar-refractivity contribution is -0.173. The Balaban J connectivity index is 0.00000576. The van der Waals surface area contributed by atoms with Crippen LogP contribution in [0.25, 0.3) is 0 Å². The monoisotopic (exact) mass is 493 g/mol. The number of hydrogen-bond acceptors (Lipinski definition) is 2. The number of alkyl halides is 3. The number of nitrogens with one attached hydrogen (secondary N) is 2. The SMILES string of the molecule is CCNC(=NCCCOCC(F)(F)F)NCCc1ccc(Cl)cc1.I. The van der Waals surface area contributed by atoms with Gasteiger partial charge in [0.1, 0.15) is 6.61 Å². The fourth-order valence-electron chi connectivity index (χ4n) is 1.86. The number of benzene rings is 1. The van der Waals surface area contributed by atoms with Crippen molar-refractivity contribution in [1.29, 1.82) is 0 Å². The second-order valence-corrected chi connectivity index (χ2v) is 5.52. The van der Waals surface area contributed by atoms with Gasteiger partial charge < -0.3 is 15.4 Å². The van der Waals surface area contributed by atoms with Crippen LogP contribution in [0.1, 0.15) is 18.9 Å². The Labute approximate surface area is 168 Å². The van der Waals surface area contributed by atoms with Gasteiger partial charge in [0.05, 0.1) is 0 Å². The lowest BCUT2D eigenvalue weighted by Gasteiger charge is -2.11. The van der Waals surface area contributed by atoms with Crippen LogP contribution in [0, 0.1) is 0 Å². The van der Waals surface area contributed by atoms with Gasteiger partial charge in [-0.1, -0.05) is 23.7 Å². The molecule has 0 aliphatic carbocycles. The van der Waals surface area contributed by atoms with Gasteiger partial charge in [0, 0.05) is 31.3 Å². The van der Waals surface area contributed by atoms with E-state index in [0.717, 1.165) is 12.0 Å². The number of hydrogen-bond donors (Lipinski definition) is 2. The Morgan fingerprint density at radius 3 is 2.48 bits per heavy atom. The first-order chi connectivity index (χ1) is 11.4. The standard InChI is InChI=1S/C16H23ClF3N3O.HI/c1-2-21-15(22-9-3-11-24-12-16(18,19)20)23-10-8-13-4-6-14(17)7-5-13;/h4-7H,2-3,8-12H2,1H3,(H2,21,22,23);1H. The van der Waals surface area contributed by atoms with Crippen molar-refractivity contribution in [3.05, 3.63) is 34.9 Å². The second-order valence-electron chi connectivity index (χ2n) is 5.09. The zero-order valence-corrected chi connectivity index (χ0v) is 17.1. The number of aliphatic imine (C=N–C) groups is 1. The molecule has 0 unspecified atom stereocenters. The molecule has 0 bridgehead atoms. The van der Waals surface area contributed by atoms with E-state index in [9.17, 15) is 13.2 Å². The van der Waals surface area contributed by atoms with Gasteiger partial charge in [0.25, 0.3) is 0 Å². The van der Waals surface area contributed by atoms with Crippen LogP contribution in [-0.2, 0) is 11.2 Å². The molecule has 9 heteroatoms. The summed E-state index contributed by atoms with van der Waals surface area (Å²) in [6.07, 6.45) is -3.03. The van der Waals surface area contributed by atoms with E-state index in [0.29, 0.717) is 37.0 Å². The molecule has 0 fully saturated rings. The van der Waals surface area contributed by atoms with Crippen LogP contribution in [0.2, 0.25) is 5.02 Å². The molecule has 0 saturated carbocycles. The minimum atomic E-state index is -4.28. The maximum atomic E-state index is 11.9. The third-order valence-electron chi connectivity index (χ3n) is 2.95. The van der Waals surface area contributed by atoms with E-state index in [1.807, 2.05) is 31.2 Å². The molecule has 2 N–H and O–H groups in total. The van der Waals surface area contributed by atoms with Crippen LogP contribution < -0.4 is 10.6 Å². The number of nitrogens with zero attached hydrogens (tertiary/aromatic N) is 1. The Kier molecular flexibility index (Phi) is 13.1. The number of ether oxygens (including phenoxy) is 1. The van der Waals surface area contributed by atoms with E-state index in [4.69, 9.17) is 11.6 Å². The molecule has 0 aliphatic rings. The van der Waals surface area contributed by atoms with Gasteiger partial charge in [-0.15, -0.1) is 24.0 Å². The van der Waals surface area contributed by atoms with Crippen LogP contribution in [0.5, 0.6) is 0 Å². The number of halogens is 5. The minimum Gasteiger partial charge on any atom is -0.372 e. The van der Waals surface area contributed by atoms with Crippen molar-refractivity contribution in [2.45, 2.75) is 25.9 Å². The topological polar surface area (TPSA) is 45.7 Å². The summed E-state index contributed by atoms with van der Waals surface area (Å²) < 4.78 is 40.3. The molecule has 0 radical (unpaired) electrons. The first kappa shape index (κ1) is 24.3. The molecular weight excluding hydrogens is 470 g/mol. The van der Waals surface area contributed by atoms with Crippen molar-refractivity contribution in [3.63, 3.8) is 0 Å². The smallest absolute Gasteiger partial charge is 0.372 e. The minimum absolute atomic E-state index is 0. The Morgan fingerprint density at radius 2 is 1.88 bits per heavy atom. The fraction of sp³-hybridized carbons (Fsp3) is 0.562. The largest absolute Gasteiger partial charge is 0.411 e. The number of guanidine groups is 1. The third kappa shape index (κ3) is 13.2. The summed E-state index contributed by atoms with van der Waals surface area (Å²) >= 11 is 5.84. The normalized spacial score (nSPS) is 11.8. The van der Waals surface area contributed by atoms with E-state index >= 15 is 0 Å². The molecule has 0 amide bonds. The van der Waals surface area contributed by atoms with Crippen molar-refractivity contribution < 1.29 is 17.9 Å². The van der Waals surface area contributed by atoms with E-state index in [1.54, 1.807) is 0 Å². The van der Waals surface area contributed by atoms with Gasteiger partial charge in [0.2, 0.25) is 0 Å². The highest BCUT2D eigenvalue weighted by Gasteiger charge is 2.27. The molecule has 0 saturated heterocycles. The highest BCUT2D eigenvalue weighted by atomic mass is 127. The first-order valence-electron chi connectivity index (χ1n) is 7.82. The maximum absolute atomic E-state index is 11.9. The van der Waals surface area contributed by atoms with Crippen LogP contribution in [0.15, 0.2) is 29.3 Å². The maximum Gasteiger partial charge on any atom is 0.411 e. The molecule has 0 aromatic heterocycles. The van der Waals surface area contributed by atoms with Crippen LogP contribution in [0.3, 0.4) is 0 Å². The van der Waals surface area contributed by atoms with Gasteiger partial charge in [-0.2, -0.15) is 13.2 Å². The second kappa shape index (κ2) is 13.5. The molecule has 144 valence electrons. The summed E-state index contributed by atoms with van der Waals surface area (Å²) in [6.45, 7) is 2.57. The van der Waals surface area contributed by atoms with Crippen molar-refractivity contribution in [2.24, 2.45) is 4.99 Å². The van der Waals surface area contributed by atoms with Gasteiger partial charge in [-0.3, -0.25) is 4.99 Å². The molecule has 0 aliphatic heterocycles. The average Bonchev–Trinajstić information content (AvgIpc) is 2.51. The summed E-state index contributed by atoms with van der Waals surface area (Å²) in [5.74, 6) is 0.641. The molecule has 0 spiro atoms. The zero-order chi connectivity index (χ0) is 17.8. The van der Waals surface area contributed by atoms with Gasteiger partial charge >= 0.3 is 6.18 Å². The van der Waals surface area contributed by atoms with Crippen molar-refractivity contribution in [2.75, 3.05) is 32.8 Å². The summed E-state index contributed by atoms with van der Waals surface area (Å²) in [6, 6.07) is 7.62. The molecule has 25 heavy (non-hydrogen) atoms. The Bertz CT molecular complexity index is 498. The van der Waals surface area contributed by atoms with Crippen LogP contribution in [0.4, 0.5) is 13.2 Å². The molecular formula is C16H24ClF3IN3O. The zero-order valence-electron chi connectivity index (χ0n) is 14.0. The third-order valence-corrected chi connectivity index (χ3v) is 3.20. The van der Waals surface area contributed by atoms with E-state index < -0.39 is 12.8 Å². The average molecular weight is 494 g/mol. The first-order valence-corrected chi connectivity index (χ1v) is 8.19. The van der Waals surface area contributed by atoms with Crippen molar-refractivity contribution in [1.82, 2.24) is 10.6 Å². The van der Waals surface area contributed by atoms with Crippen LogP contribution >= 0.6 is 35.6 Å². The predicted molar refractivity (Wildman–Crippen MR) is 106 cm³/mol. The van der Waals surface area contributed by atoms with Crippen molar-refractivity contribution in [3.8, 4) is 0 Å². The summed E-state index contributed by atoms with van der Waals surface area (Å²) in [7, 11) is 0. The highest BCUT2D eigenvalue weighted by Crippen LogP contribution is 2.14. The van der Waals surface area contributed by atoms with Crippen molar-refractivity contribution >= 4 is 41.5 Å². The lowest BCUT2D eigenvalue weighted by atomic mass is 10.1. The Hall–Kier alpha value is -0.740. The van der Waals surface area contributed by atoms with Crippen LogP contribution in [-0.4, -0.2) is 45.0 Å². The van der Waals surface area contributed by atoms with E-state index in [1.165, 1.54) is 0 Å². The predicted octanol–water partition coefficient (Wildman–Crippen LogP) is 4.02. The summed E-state index contributed by atoms with van der Waals surface area (Å²) in [5, 5.41) is 6.98. The highest BCUT2D eigenvalue weighted by molar-refractivity contribution is 14.0. The van der Waals surface area contributed by atoms with Gasteiger partial charge in [0.15, 0.2) is 5.96 Å². The summed E-state index contributed by atoms with van der Waals surface area (Å²) in [4.78, 5) is 4.30. The molecule has 1 rings (SSSR count). The fourth-order valence-corrected chi connectivity index (χ4v) is 1.99. The van der Waals surface area contributed by atoms with Gasteiger partial charge in [-0.25, -0.2) is 0 Å². The number of rotatable bonds is 9. The molecule has 1 aromatic rings. The van der Waals surface area contributed by atoms with E-state index in [-0.39, 0.29) is 30.6 Å². The molecule has 0 heterocycles. The lowest BCUT2D eigenvalue weighted by Crippen LogP contribution is -2.38. The Morgan fingerprint density at radius 1 is 1.20 bits per heavy atom. The molecule has 0 atom stereocenters. The summed E-state index contributed by atoms with van der Waals surface area (Å²) in [5.41, 5.74) is 1.16. The molecule has 1 aromatic carbocycles. The quantitative estimate of drug-likeness (QED) is 0.236. The molecule has 4 nitrogen and oxygen atoms in total. The van der Waals surface area contributed by atoms with Gasteiger partial charge in [-0.05, 0) is 37.5 Å². The van der Waals surface area contributed by atoms with E-state index in [2.05, 4.69) is 20.4 Å².